The lowest BCUT2D eigenvalue weighted by molar-refractivity contribution is 0.0779. The van der Waals surface area contributed by atoms with Crippen molar-refractivity contribution in [1.82, 2.24) is 24.9 Å². The van der Waals surface area contributed by atoms with Gasteiger partial charge in [0.25, 0.3) is 5.91 Å². The summed E-state index contributed by atoms with van der Waals surface area (Å²) in [6.45, 7) is 4.27. The van der Waals surface area contributed by atoms with Crippen LogP contribution >= 0.6 is 0 Å². The number of aromatic nitrogens is 4. The fourth-order valence-corrected chi connectivity index (χ4v) is 2.84. The summed E-state index contributed by atoms with van der Waals surface area (Å²) in [5.41, 5.74) is 4.74. The number of benzene rings is 1. The highest BCUT2D eigenvalue weighted by Gasteiger charge is 2.19. The third-order valence-electron chi connectivity index (χ3n) is 4.25. The number of aromatic amines is 1. The molecular weight excluding hydrogens is 321 g/mol. The van der Waals surface area contributed by atoms with Crippen LogP contribution in [0.2, 0.25) is 0 Å². The summed E-state index contributed by atoms with van der Waals surface area (Å²) < 4.78 is 14.8. The number of amides is 1. The lowest BCUT2D eigenvalue weighted by Gasteiger charge is -2.16. The van der Waals surface area contributed by atoms with Crippen LogP contribution in [0, 0.1) is 19.7 Å². The van der Waals surface area contributed by atoms with Crippen LogP contribution < -0.4 is 0 Å². The molecule has 6 nitrogen and oxygen atoms in total. The van der Waals surface area contributed by atoms with E-state index in [1.807, 2.05) is 20.9 Å². The van der Waals surface area contributed by atoms with E-state index in [-0.39, 0.29) is 11.7 Å². The van der Waals surface area contributed by atoms with Gasteiger partial charge in [-0.1, -0.05) is 12.1 Å². The minimum Gasteiger partial charge on any atom is -0.336 e. The van der Waals surface area contributed by atoms with E-state index in [0.29, 0.717) is 17.9 Å². The first-order valence-corrected chi connectivity index (χ1v) is 7.92. The zero-order valence-corrected chi connectivity index (χ0v) is 14.7. The predicted octanol–water partition coefficient (Wildman–Crippen LogP) is 2.84. The standard InChI is InChI=1S/C18H20FN5O/c1-11-17(12(2)24(4)22-11)15-9-16(21-20-15)18(25)23(3)10-13-5-7-14(19)8-6-13/h5-9H,10H2,1-4H3,(H,20,21). The molecule has 0 spiro atoms. The van der Waals surface area contributed by atoms with Crippen molar-refractivity contribution in [2.24, 2.45) is 7.05 Å². The average molecular weight is 341 g/mol. The van der Waals surface area contributed by atoms with Crippen molar-refractivity contribution in [2.45, 2.75) is 20.4 Å². The van der Waals surface area contributed by atoms with Crippen molar-refractivity contribution in [1.29, 1.82) is 0 Å². The third-order valence-corrected chi connectivity index (χ3v) is 4.25. The molecule has 3 rings (SSSR count). The Kier molecular flexibility index (Phi) is 4.39. The maximum absolute atomic E-state index is 13.0. The second kappa shape index (κ2) is 6.51. The average Bonchev–Trinajstić information content (AvgIpc) is 3.14. The van der Waals surface area contributed by atoms with Gasteiger partial charge in [0.15, 0.2) is 0 Å². The van der Waals surface area contributed by atoms with Crippen molar-refractivity contribution >= 4 is 5.91 Å². The van der Waals surface area contributed by atoms with Gasteiger partial charge in [-0.2, -0.15) is 10.2 Å². The number of carbonyl (C=O) groups is 1. The van der Waals surface area contributed by atoms with Gasteiger partial charge in [0.1, 0.15) is 11.5 Å². The summed E-state index contributed by atoms with van der Waals surface area (Å²) in [4.78, 5) is 14.2. The summed E-state index contributed by atoms with van der Waals surface area (Å²) in [5.74, 6) is -0.472. The van der Waals surface area contributed by atoms with Crippen LogP contribution in [0.4, 0.5) is 4.39 Å². The van der Waals surface area contributed by atoms with E-state index in [1.165, 1.54) is 12.1 Å². The van der Waals surface area contributed by atoms with Crippen LogP contribution in [0.25, 0.3) is 11.3 Å². The number of hydrogen-bond donors (Lipinski definition) is 1. The Balaban J connectivity index is 1.79. The molecule has 0 unspecified atom stereocenters. The van der Waals surface area contributed by atoms with E-state index in [0.717, 1.165) is 22.5 Å². The highest BCUT2D eigenvalue weighted by atomic mass is 19.1. The van der Waals surface area contributed by atoms with Gasteiger partial charge in [0, 0.05) is 31.9 Å². The number of halogens is 1. The van der Waals surface area contributed by atoms with Gasteiger partial charge in [-0.15, -0.1) is 0 Å². The summed E-state index contributed by atoms with van der Waals surface area (Å²) in [7, 11) is 3.58. The summed E-state index contributed by atoms with van der Waals surface area (Å²) in [6, 6.07) is 7.84. The van der Waals surface area contributed by atoms with E-state index < -0.39 is 0 Å². The molecule has 1 aromatic carbocycles. The molecule has 25 heavy (non-hydrogen) atoms. The lowest BCUT2D eigenvalue weighted by Crippen LogP contribution is -2.26. The monoisotopic (exact) mass is 341 g/mol. The number of carbonyl (C=O) groups excluding carboxylic acids is 1. The van der Waals surface area contributed by atoms with Gasteiger partial charge in [-0.3, -0.25) is 14.6 Å². The van der Waals surface area contributed by atoms with Crippen molar-refractivity contribution in [2.75, 3.05) is 7.05 Å². The smallest absolute Gasteiger partial charge is 0.271 e. The highest BCUT2D eigenvalue weighted by molar-refractivity contribution is 5.93. The molecule has 2 aromatic heterocycles. The highest BCUT2D eigenvalue weighted by Crippen LogP contribution is 2.25. The molecule has 7 heteroatoms. The number of H-pyrrole nitrogens is 1. The zero-order valence-electron chi connectivity index (χ0n) is 14.7. The second-order valence-electron chi connectivity index (χ2n) is 6.12. The molecule has 0 aliphatic heterocycles. The Morgan fingerprint density at radius 2 is 1.96 bits per heavy atom. The van der Waals surface area contributed by atoms with Gasteiger partial charge in [-0.05, 0) is 37.6 Å². The van der Waals surface area contributed by atoms with E-state index in [9.17, 15) is 9.18 Å². The summed E-state index contributed by atoms with van der Waals surface area (Å²) in [5, 5.41) is 11.4. The fraction of sp³-hybridized carbons (Fsp3) is 0.278. The molecule has 0 aliphatic rings. The topological polar surface area (TPSA) is 66.8 Å². The summed E-state index contributed by atoms with van der Waals surface area (Å²) >= 11 is 0. The number of aryl methyl sites for hydroxylation is 2. The van der Waals surface area contributed by atoms with Crippen LogP contribution in [0.15, 0.2) is 30.3 Å². The first-order valence-electron chi connectivity index (χ1n) is 7.92. The van der Waals surface area contributed by atoms with Crippen LogP contribution in [-0.2, 0) is 13.6 Å². The van der Waals surface area contributed by atoms with E-state index in [4.69, 9.17) is 0 Å². The molecule has 0 saturated carbocycles. The molecule has 0 aliphatic carbocycles. The molecule has 3 aromatic rings. The maximum atomic E-state index is 13.0. The minimum atomic E-state index is -0.293. The van der Waals surface area contributed by atoms with Crippen molar-refractivity contribution in [3.8, 4) is 11.3 Å². The first kappa shape index (κ1) is 16.9. The Morgan fingerprint density at radius 1 is 1.28 bits per heavy atom. The molecular formula is C18H20FN5O. The molecule has 1 N–H and O–H groups in total. The lowest BCUT2D eigenvalue weighted by atomic mass is 10.1. The van der Waals surface area contributed by atoms with Gasteiger partial charge < -0.3 is 4.90 Å². The predicted molar refractivity (Wildman–Crippen MR) is 92.5 cm³/mol. The fourth-order valence-electron chi connectivity index (χ4n) is 2.84. The number of nitrogens with one attached hydrogen (secondary N) is 1. The molecule has 0 saturated heterocycles. The second-order valence-corrected chi connectivity index (χ2v) is 6.12. The van der Waals surface area contributed by atoms with Crippen molar-refractivity contribution in [3.63, 3.8) is 0 Å². The third kappa shape index (κ3) is 3.31. The minimum absolute atomic E-state index is 0.178. The Bertz CT molecular complexity index is 910. The SMILES string of the molecule is Cc1nn(C)c(C)c1-c1cc(C(=O)N(C)Cc2ccc(F)cc2)[nH]n1. The van der Waals surface area contributed by atoms with E-state index >= 15 is 0 Å². The number of rotatable bonds is 4. The molecule has 0 atom stereocenters. The molecule has 1 amide bonds. The van der Waals surface area contributed by atoms with Gasteiger partial charge in [-0.25, -0.2) is 4.39 Å². The van der Waals surface area contributed by atoms with E-state index in [2.05, 4.69) is 15.3 Å². The maximum Gasteiger partial charge on any atom is 0.271 e. The van der Waals surface area contributed by atoms with Crippen molar-refractivity contribution in [3.05, 3.63) is 58.8 Å². The molecule has 0 fully saturated rings. The van der Waals surface area contributed by atoms with E-state index in [1.54, 1.807) is 34.8 Å². The molecule has 0 bridgehead atoms. The Labute approximate surface area is 145 Å². The van der Waals surface area contributed by atoms with Crippen LogP contribution in [0.1, 0.15) is 27.4 Å². The zero-order chi connectivity index (χ0) is 18.1. The van der Waals surface area contributed by atoms with Gasteiger partial charge in [0.05, 0.1) is 11.4 Å². The Hall–Kier alpha value is -2.96. The molecule has 130 valence electrons. The van der Waals surface area contributed by atoms with Gasteiger partial charge in [0.2, 0.25) is 0 Å². The number of nitrogens with zero attached hydrogens (tertiary/aromatic N) is 4. The first-order chi connectivity index (χ1) is 11.9. The molecule has 2 heterocycles. The molecule has 0 radical (unpaired) electrons. The van der Waals surface area contributed by atoms with Crippen molar-refractivity contribution < 1.29 is 9.18 Å². The van der Waals surface area contributed by atoms with Gasteiger partial charge >= 0.3 is 0 Å². The van der Waals surface area contributed by atoms with Crippen LogP contribution in [0.5, 0.6) is 0 Å². The van der Waals surface area contributed by atoms with Crippen LogP contribution in [0.3, 0.4) is 0 Å². The Morgan fingerprint density at radius 3 is 2.56 bits per heavy atom. The number of hydrogen-bond acceptors (Lipinski definition) is 3. The largest absolute Gasteiger partial charge is 0.336 e. The normalized spacial score (nSPS) is 10.9. The summed E-state index contributed by atoms with van der Waals surface area (Å²) in [6.07, 6.45) is 0. The quantitative estimate of drug-likeness (QED) is 0.793. The van der Waals surface area contributed by atoms with Crippen LogP contribution in [-0.4, -0.2) is 37.8 Å².